The van der Waals surface area contributed by atoms with Crippen LogP contribution >= 0.6 is 0 Å². The molecule has 1 unspecified atom stereocenters. The van der Waals surface area contributed by atoms with Gasteiger partial charge < -0.3 is 5.32 Å². The fraction of sp³-hybridized carbons (Fsp3) is 0.455. The first-order chi connectivity index (χ1) is 5.74. The summed E-state index contributed by atoms with van der Waals surface area (Å²) < 4.78 is 0. The minimum Gasteiger partial charge on any atom is -0.317 e. The lowest BCUT2D eigenvalue weighted by Crippen LogP contribution is -2.21. The van der Waals surface area contributed by atoms with E-state index >= 15 is 0 Å². The zero-order valence-electron chi connectivity index (χ0n) is 8.30. The van der Waals surface area contributed by atoms with Crippen molar-refractivity contribution >= 4 is 0 Å². The molecule has 0 aliphatic rings. The van der Waals surface area contributed by atoms with Crippen LogP contribution in [-0.2, 0) is 0 Å². The maximum absolute atomic E-state index is 3.64. The maximum Gasteiger partial charge on any atom is 0.00760 e. The Morgan fingerprint density at radius 1 is 1.58 bits per heavy atom. The molecule has 0 aromatic rings. The zero-order valence-corrected chi connectivity index (χ0v) is 8.30. The van der Waals surface area contributed by atoms with Gasteiger partial charge in [0.15, 0.2) is 0 Å². The second kappa shape index (κ2) is 6.86. The Labute approximate surface area is 75.9 Å². The van der Waals surface area contributed by atoms with Crippen LogP contribution in [-0.4, -0.2) is 13.1 Å². The van der Waals surface area contributed by atoms with E-state index in [-0.39, 0.29) is 0 Å². The molecule has 12 heavy (non-hydrogen) atoms. The van der Waals surface area contributed by atoms with E-state index in [9.17, 15) is 0 Å². The number of hydrogen-bond donors (Lipinski definition) is 1. The van der Waals surface area contributed by atoms with Crippen molar-refractivity contribution in [3.05, 3.63) is 36.5 Å². The molecular formula is C11H19N. The number of allylic oxidation sites excluding steroid dienone is 4. The fourth-order valence-electron chi connectivity index (χ4n) is 0.929. The smallest absolute Gasteiger partial charge is 0.00760 e. The van der Waals surface area contributed by atoms with Crippen LogP contribution in [0.4, 0.5) is 0 Å². The Hall–Kier alpha value is -0.820. The molecule has 0 saturated heterocycles. The molecule has 0 heterocycles. The highest BCUT2D eigenvalue weighted by Crippen LogP contribution is 2.06. The van der Waals surface area contributed by atoms with Gasteiger partial charge in [0.2, 0.25) is 0 Å². The first-order valence-corrected chi connectivity index (χ1v) is 4.36. The molecule has 0 spiro atoms. The molecule has 1 atom stereocenters. The molecule has 0 aliphatic carbocycles. The van der Waals surface area contributed by atoms with E-state index in [0.717, 1.165) is 6.42 Å². The topological polar surface area (TPSA) is 12.0 Å². The molecule has 0 aromatic heterocycles. The highest BCUT2D eigenvalue weighted by molar-refractivity contribution is 5.21. The zero-order chi connectivity index (χ0) is 9.40. The summed E-state index contributed by atoms with van der Waals surface area (Å²) in [6.07, 6.45) is 9.07. The molecule has 0 aliphatic heterocycles. The van der Waals surface area contributed by atoms with Gasteiger partial charge in [0.1, 0.15) is 0 Å². The Kier molecular flexibility index (Phi) is 6.39. The predicted molar refractivity (Wildman–Crippen MR) is 56.2 cm³/mol. The quantitative estimate of drug-likeness (QED) is 0.618. The summed E-state index contributed by atoms with van der Waals surface area (Å²) in [5.74, 6) is 0. The van der Waals surface area contributed by atoms with E-state index < -0.39 is 0 Å². The second-order valence-corrected chi connectivity index (χ2v) is 2.85. The molecule has 0 radical (unpaired) electrons. The third kappa shape index (κ3) is 4.91. The van der Waals surface area contributed by atoms with Crippen molar-refractivity contribution in [1.29, 1.82) is 0 Å². The van der Waals surface area contributed by atoms with Crippen LogP contribution in [0, 0.1) is 0 Å². The minimum atomic E-state index is 0.533. The molecule has 1 heteroatoms. The molecule has 0 amide bonds. The van der Waals surface area contributed by atoms with Gasteiger partial charge in [-0.25, -0.2) is 0 Å². The van der Waals surface area contributed by atoms with E-state index in [2.05, 4.69) is 37.9 Å². The predicted octanol–water partition coefficient (Wildman–Crippen LogP) is 2.67. The summed E-state index contributed by atoms with van der Waals surface area (Å²) >= 11 is 0. The monoisotopic (exact) mass is 165 g/mol. The van der Waals surface area contributed by atoms with Gasteiger partial charge in [-0.1, -0.05) is 36.5 Å². The minimum absolute atomic E-state index is 0.533. The van der Waals surface area contributed by atoms with E-state index in [4.69, 9.17) is 0 Å². The van der Waals surface area contributed by atoms with E-state index in [1.165, 1.54) is 5.57 Å². The molecule has 0 aromatic carbocycles. The molecule has 0 saturated carbocycles. The van der Waals surface area contributed by atoms with Crippen molar-refractivity contribution in [1.82, 2.24) is 5.32 Å². The molecule has 1 nitrogen and oxygen atoms in total. The van der Waals surface area contributed by atoms with Gasteiger partial charge in [-0.15, -0.1) is 0 Å². The lowest BCUT2D eigenvalue weighted by Gasteiger charge is -2.09. The van der Waals surface area contributed by atoms with Gasteiger partial charge in [-0.2, -0.15) is 0 Å². The van der Waals surface area contributed by atoms with Crippen molar-refractivity contribution in [3.63, 3.8) is 0 Å². The molecule has 68 valence electrons. The summed E-state index contributed by atoms with van der Waals surface area (Å²) in [6.45, 7) is 7.87. The van der Waals surface area contributed by atoms with Gasteiger partial charge in [-0.3, -0.25) is 0 Å². The van der Waals surface area contributed by atoms with Crippen LogP contribution in [0.3, 0.4) is 0 Å². The summed E-state index contributed by atoms with van der Waals surface area (Å²) in [7, 11) is 1.98. The van der Waals surface area contributed by atoms with Crippen LogP contribution in [0.2, 0.25) is 0 Å². The van der Waals surface area contributed by atoms with Crippen LogP contribution in [0.1, 0.15) is 20.3 Å². The second-order valence-electron chi connectivity index (χ2n) is 2.85. The first kappa shape index (κ1) is 11.2. The Morgan fingerprint density at radius 2 is 2.25 bits per heavy atom. The van der Waals surface area contributed by atoms with Crippen LogP contribution in [0.5, 0.6) is 0 Å². The Morgan fingerprint density at radius 3 is 2.67 bits per heavy atom. The maximum atomic E-state index is 3.64. The first-order valence-electron chi connectivity index (χ1n) is 4.36. The highest BCUT2D eigenvalue weighted by atomic mass is 14.8. The number of nitrogens with one attached hydrogen (secondary N) is 1. The van der Waals surface area contributed by atoms with Gasteiger partial charge in [0.05, 0.1) is 0 Å². The lowest BCUT2D eigenvalue weighted by atomic mass is 10.1. The van der Waals surface area contributed by atoms with Crippen LogP contribution in [0.25, 0.3) is 0 Å². The molecule has 0 rings (SSSR count). The normalized spacial score (nSPS) is 15.1. The van der Waals surface area contributed by atoms with Gasteiger partial charge in [0.25, 0.3) is 0 Å². The van der Waals surface area contributed by atoms with E-state index in [1.807, 2.05) is 13.1 Å². The number of hydrogen-bond acceptors (Lipinski definition) is 1. The van der Waals surface area contributed by atoms with E-state index in [1.54, 1.807) is 6.08 Å². The van der Waals surface area contributed by atoms with Crippen molar-refractivity contribution in [3.8, 4) is 0 Å². The van der Waals surface area contributed by atoms with Gasteiger partial charge >= 0.3 is 0 Å². The summed E-state index contributed by atoms with van der Waals surface area (Å²) in [6, 6.07) is 0.533. The van der Waals surface area contributed by atoms with E-state index in [0.29, 0.717) is 6.04 Å². The molecular weight excluding hydrogens is 146 g/mol. The Balaban J connectivity index is 4.01. The molecule has 0 bridgehead atoms. The standard InChI is InChI=1S/C11H19N/c1-5-7-8-11(6-2)9-10(3)12-4/h5-8,10,12H,1,9H2,2-4H3. The van der Waals surface area contributed by atoms with Crippen LogP contribution in [0.15, 0.2) is 36.5 Å². The highest BCUT2D eigenvalue weighted by Gasteiger charge is 1.98. The van der Waals surface area contributed by atoms with Crippen molar-refractivity contribution in [2.45, 2.75) is 26.3 Å². The SMILES string of the molecule is C=CC=CC(=CC)CC(C)NC. The van der Waals surface area contributed by atoms with Crippen molar-refractivity contribution < 1.29 is 0 Å². The average molecular weight is 165 g/mol. The third-order valence-corrected chi connectivity index (χ3v) is 1.85. The van der Waals surface area contributed by atoms with Crippen molar-refractivity contribution in [2.75, 3.05) is 7.05 Å². The van der Waals surface area contributed by atoms with Gasteiger partial charge in [0, 0.05) is 6.04 Å². The van der Waals surface area contributed by atoms with Crippen LogP contribution < -0.4 is 5.32 Å². The van der Waals surface area contributed by atoms with Gasteiger partial charge in [-0.05, 0) is 27.3 Å². The third-order valence-electron chi connectivity index (χ3n) is 1.85. The summed E-state index contributed by atoms with van der Waals surface area (Å²) in [4.78, 5) is 0. The largest absolute Gasteiger partial charge is 0.317 e. The lowest BCUT2D eigenvalue weighted by molar-refractivity contribution is 0.610. The molecule has 1 N–H and O–H groups in total. The average Bonchev–Trinajstić information content (AvgIpc) is 2.11. The van der Waals surface area contributed by atoms with Crippen molar-refractivity contribution in [2.24, 2.45) is 0 Å². The summed E-state index contributed by atoms with van der Waals surface area (Å²) in [5, 5.41) is 3.21. The fourth-order valence-corrected chi connectivity index (χ4v) is 0.929. The molecule has 0 fully saturated rings. The number of rotatable bonds is 5. The Bertz CT molecular complexity index is 177. The summed E-state index contributed by atoms with van der Waals surface area (Å²) in [5.41, 5.74) is 1.34.